The minimum Gasteiger partial charge on any atom is -0.496 e. The van der Waals surface area contributed by atoms with E-state index in [2.05, 4.69) is 28.6 Å². The Kier molecular flexibility index (Phi) is 7.49. The lowest BCUT2D eigenvalue weighted by Gasteiger charge is -2.22. The number of benzene rings is 3. The summed E-state index contributed by atoms with van der Waals surface area (Å²) in [7, 11) is 1.71. The second kappa shape index (κ2) is 11.1. The van der Waals surface area contributed by atoms with Crippen molar-refractivity contribution < 1.29 is 9.53 Å². The lowest BCUT2D eigenvalue weighted by atomic mass is 9.94. The maximum absolute atomic E-state index is 13.5. The molecule has 6 nitrogen and oxygen atoms in total. The number of hydrogen-bond donors (Lipinski definition) is 2. The first-order valence-electron chi connectivity index (χ1n) is 12.9. The zero-order valence-corrected chi connectivity index (χ0v) is 21.5. The van der Waals surface area contributed by atoms with Gasteiger partial charge in [0.25, 0.3) is 0 Å². The van der Waals surface area contributed by atoms with Crippen LogP contribution in [0.5, 0.6) is 5.75 Å². The van der Waals surface area contributed by atoms with E-state index in [-0.39, 0.29) is 18.2 Å². The number of rotatable bonds is 11. The van der Waals surface area contributed by atoms with Crippen molar-refractivity contribution in [3.63, 3.8) is 0 Å². The number of ketones is 1. The lowest BCUT2D eigenvalue weighted by molar-refractivity contribution is 0.0985. The summed E-state index contributed by atoms with van der Waals surface area (Å²) < 4.78 is 7.42. The zero-order chi connectivity index (χ0) is 25.8. The SMILES string of the molecule is COc1ccccc1C(NCC1CC1)c1cccc(CC(=O)c2cc(C)nn2-c2cccc(CN)c2)c1. The molecule has 0 radical (unpaired) electrons. The third-order valence-electron chi connectivity index (χ3n) is 6.91. The third kappa shape index (κ3) is 5.82. The first kappa shape index (κ1) is 24.9. The fraction of sp³-hybridized carbons (Fsp3) is 0.290. The molecule has 0 bridgehead atoms. The van der Waals surface area contributed by atoms with Gasteiger partial charge < -0.3 is 15.8 Å². The number of nitrogens with zero attached hydrogens (tertiary/aromatic N) is 2. The molecule has 5 rings (SSSR count). The molecule has 6 heteroatoms. The van der Waals surface area contributed by atoms with Gasteiger partial charge in [-0.1, -0.05) is 54.6 Å². The highest BCUT2D eigenvalue weighted by molar-refractivity contribution is 5.96. The van der Waals surface area contributed by atoms with Crippen LogP contribution in [0.4, 0.5) is 0 Å². The van der Waals surface area contributed by atoms with Crippen LogP contribution in [0.2, 0.25) is 0 Å². The van der Waals surface area contributed by atoms with Crippen LogP contribution in [0.3, 0.4) is 0 Å². The van der Waals surface area contributed by atoms with Crippen molar-refractivity contribution >= 4 is 5.78 Å². The molecule has 1 unspecified atom stereocenters. The smallest absolute Gasteiger partial charge is 0.185 e. The summed E-state index contributed by atoms with van der Waals surface area (Å²) in [6, 6.07) is 26.1. The fourth-order valence-electron chi connectivity index (χ4n) is 4.79. The Bertz CT molecular complexity index is 1390. The van der Waals surface area contributed by atoms with Crippen molar-refractivity contribution in [1.29, 1.82) is 0 Å². The largest absolute Gasteiger partial charge is 0.496 e. The highest BCUT2D eigenvalue weighted by Crippen LogP contribution is 2.33. The molecule has 1 aliphatic carbocycles. The highest BCUT2D eigenvalue weighted by atomic mass is 16.5. The molecule has 1 fully saturated rings. The molecule has 0 saturated heterocycles. The Morgan fingerprint density at radius 2 is 1.84 bits per heavy atom. The van der Waals surface area contributed by atoms with E-state index in [1.54, 1.807) is 11.8 Å². The maximum Gasteiger partial charge on any atom is 0.185 e. The Labute approximate surface area is 218 Å². The molecule has 37 heavy (non-hydrogen) atoms. The third-order valence-corrected chi connectivity index (χ3v) is 6.91. The molecule has 190 valence electrons. The Morgan fingerprint density at radius 1 is 1.05 bits per heavy atom. The van der Waals surface area contributed by atoms with Gasteiger partial charge in [0.15, 0.2) is 5.78 Å². The summed E-state index contributed by atoms with van der Waals surface area (Å²) in [6.45, 7) is 3.31. The number of aryl methyl sites for hydroxylation is 1. The second-order valence-corrected chi connectivity index (χ2v) is 9.83. The van der Waals surface area contributed by atoms with E-state index in [0.717, 1.165) is 51.8 Å². The van der Waals surface area contributed by atoms with Gasteiger partial charge in [0.1, 0.15) is 11.4 Å². The number of carbonyl (C=O) groups excluding carboxylic acids is 1. The first-order chi connectivity index (χ1) is 18.1. The van der Waals surface area contributed by atoms with Crippen LogP contribution < -0.4 is 15.8 Å². The number of para-hydroxylation sites is 1. The van der Waals surface area contributed by atoms with Crippen LogP contribution in [-0.2, 0) is 13.0 Å². The topological polar surface area (TPSA) is 82.2 Å². The predicted molar refractivity (Wildman–Crippen MR) is 146 cm³/mol. The van der Waals surface area contributed by atoms with E-state index in [1.165, 1.54) is 12.8 Å². The van der Waals surface area contributed by atoms with Crippen LogP contribution in [0.15, 0.2) is 78.9 Å². The molecule has 0 aliphatic heterocycles. The minimum atomic E-state index is -0.0152. The molecule has 3 N–H and O–H groups in total. The number of nitrogens with one attached hydrogen (secondary N) is 1. The number of methoxy groups -OCH3 is 1. The maximum atomic E-state index is 13.5. The summed E-state index contributed by atoms with van der Waals surface area (Å²) in [5.41, 5.74) is 12.2. The summed E-state index contributed by atoms with van der Waals surface area (Å²) >= 11 is 0. The van der Waals surface area contributed by atoms with Crippen molar-refractivity contribution in [2.24, 2.45) is 11.7 Å². The number of hydrogen-bond acceptors (Lipinski definition) is 5. The molecule has 1 saturated carbocycles. The van der Waals surface area contributed by atoms with Gasteiger partial charge in [0.05, 0.1) is 24.5 Å². The zero-order valence-electron chi connectivity index (χ0n) is 21.5. The number of nitrogens with two attached hydrogens (primary N) is 1. The van der Waals surface area contributed by atoms with Crippen LogP contribution in [-0.4, -0.2) is 29.2 Å². The Morgan fingerprint density at radius 3 is 2.62 bits per heavy atom. The van der Waals surface area contributed by atoms with E-state index in [4.69, 9.17) is 10.5 Å². The number of Topliss-reactive ketones (excluding diaryl/α,β-unsaturated/α-hetero) is 1. The van der Waals surface area contributed by atoms with Gasteiger partial charge in [0.2, 0.25) is 0 Å². The number of ether oxygens (including phenoxy) is 1. The summed E-state index contributed by atoms with van der Waals surface area (Å²) in [6.07, 6.45) is 2.85. The molecule has 3 aromatic carbocycles. The van der Waals surface area contributed by atoms with E-state index in [0.29, 0.717) is 12.2 Å². The molecule has 0 amide bonds. The van der Waals surface area contributed by atoms with Crippen LogP contribution in [0.1, 0.15) is 57.3 Å². The minimum absolute atomic E-state index is 0.0152. The van der Waals surface area contributed by atoms with Gasteiger partial charge in [-0.2, -0.15) is 5.10 Å². The molecule has 4 aromatic rings. The Balaban J connectivity index is 1.42. The normalized spacial score (nSPS) is 13.9. The van der Waals surface area contributed by atoms with E-state index >= 15 is 0 Å². The monoisotopic (exact) mass is 494 g/mol. The fourth-order valence-corrected chi connectivity index (χ4v) is 4.79. The van der Waals surface area contributed by atoms with E-state index in [1.807, 2.05) is 67.6 Å². The molecule has 0 spiro atoms. The molecule has 1 atom stereocenters. The van der Waals surface area contributed by atoms with Crippen molar-refractivity contribution in [3.8, 4) is 11.4 Å². The average Bonchev–Trinajstić information content (AvgIpc) is 3.67. The molecular weight excluding hydrogens is 460 g/mol. The second-order valence-electron chi connectivity index (χ2n) is 9.83. The predicted octanol–water partition coefficient (Wildman–Crippen LogP) is 5.16. The van der Waals surface area contributed by atoms with Gasteiger partial charge >= 0.3 is 0 Å². The van der Waals surface area contributed by atoms with Crippen molar-refractivity contribution in [3.05, 3.63) is 113 Å². The van der Waals surface area contributed by atoms with Crippen molar-refractivity contribution in [2.75, 3.05) is 13.7 Å². The quantitative estimate of drug-likeness (QED) is 0.281. The number of carbonyl (C=O) groups is 1. The summed E-state index contributed by atoms with van der Waals surface area (Å²) in [5.74, 6) is 1.62. The molecule has 1 aliphatic rings. The molecular formula is C31H34N4O2. The van der Waals surface area contributed by atoms with Crippen LogP contribution >= 0.6 is 0 Å². The highest BCUT2D eigenvalue weighted by Gasteiger charge is 2.25. The van der Waals surface area contributed by atoms with E-state index < -0.39 is 0 Å². The van der Waals surface area contributed by atoms with Gasteiger partial charge in [0, 0.05) is 18.5 Å². The van der Waals surface area contributed by atoms with Gasteiger partial charge in [-0.25, -0.2) is 4.68 Å². The molecule has 1 aromatic heterocycles. The molecule has 1 heterocycles. The first-order valence-corrected chi connectivity index (χ1v) is 12.9. The average molecular weight is 495 g/mol. The summed E-state index contributed by atoms with van der Waals surface area (Å²) in [4.78, 5) is 13.5. The number of aromatic nitrogens is 2. The van der Waals surface area contributed by atoms with Gasteiger partial charge in [-0.15, -0.1) is 0 Å². The summed E-state index contributed by atoms with van der Waals surface area (Å²) in [5, 5.41) is 8.36. The van der Waals surface area contributed by atoms with Crippen molar-refractivity contribution in [2.45, 2.75) is 38.8 Å². The lowest BCUT2D eigenvalue weighted by Crippen LogP contribution is -2.25. The van der Waals surface area contributed by atoms with Crippen molar-refractivity contribution in [1.82, 2.24) is 15.1 Å². The Hall–Kier alpha value is -3.74. The van der Waals surface area contributed by atoms with Gasteiger partial charge in [-0.3, -0.25) is 4.79 Å². The van der Waals surface area contributed by atoms with E-state index in [9.17, 15) is 4.79 Å². The van der Waals surface area contributed by atoms with Crippen LogP contribution in [0, 0.1) is 12.8 Å². The van der Waals surface area contributed by atoms with Gasteiger partial charge in [-0.05, 0) is 73.2 Å². The van der Waals surface area contributed by atoms with Crippen LogP contribution in [0.25, 0.3) is 5.69 Å². The standard InChI is InChI=1S/C31H34N4O2/c1-21-15-28(35(34-21)26-10-6-8-24(17-26)19-32)29(36)18-23-7-5-9-25(16-23)31(33-20-22-13-14-22)27-11-3-4-12-30(27)37-2/h3-12,15-17,22,31,33H,13-14,18-20,32H2,1-2H3.